The second-order valence-electron chi connectivity index (χ2n) is 3.80. The summed E-state index contributed by atoms with van der Waals surface area (Å²) >= 11 is 1.53. The van der Waals surface area contributed by atoms with Crippen LogP contribution in [0, 0.1) is 0 Å². The first-order chi connectivity index (χ1) is 9.15. The minimum Gasteiger partial charge on any atom is -0.465 e. The zero-order valence-electron chi connectivity index (χ0n) is 10.0. The van der Waals surface area contributed by atoms with Crippen LogP contribution < -0.4 is 11.1 Å². The molecule has 0 spiro atoms. The molecule has 98 valence electrons. The van der Waals surface area contributed by atoms with Crippen LogP contribution in [0.15, 0.2) is 46.8 Å². The fourth-order valence-electron chi connectivity index (χ4n) is 1.48. The molecule has 2 aromatic rings. The Labute approximate surface area is 114 Å². The molecule has 6 heteroatoms. The van der Waals surface area contributed by atoms with Gasteiger partial charge in [-0.2, -0.15) is 0 Å². The molecule has 4 N–H and O–H groups in total. The molecule has 1 aromatic carbocycles. The molecule has 1 amide bonds. The van der Waals surface area contributed by atoms with Crippen molar-refractivity contribution in [2.24, 2.45) is 10.7 Å². The van der Waals surface area contributed by atoms with Crippen molar-refractivity contribution >= 4 is 29.0 Å². The van der Waals surface area contributed by atoms with Crippen molar-refractivity contribution in [2.75, 3.05) is 0 Å². The number of rotatable bonds is 4. The van der Waals surface area contributed by atoms with E-state index in [0.717, 1.165) is 16.1 Å². The number of nitrogens with two attached hydrogens (primary N) is 1. The summed E-state index contributed by atoms with van der Waals surface area (Å²) < 4.78 is 0. The number of hydrogen-bond donors (Lipinski definition) is 3. The normalized spacial score (nSPS) is 11.3. The standard InChI is InChI=1S/C13H13N3O2S/c14-12(11-2-1-7-19-11)16-10-5-3-9(4-6-10)8-15-13(17)18/h1-7,15H,8H2,(H2,14,16)(H,17,18). The van der Waals surface area contributed by atoms with Crippen LogP contribution in [0.25, 0.3) is 0 Å². The number of amidine groups is 1. The average molecular weight is 275 g/mol. The molecule has 0 atom stereocenters. The molecule has 0 saturated carbocycles. The van der Waals surface area contributed by atoms with E-state index in [9.17, 15) is 4.79 Å². The van der Waals surface area contributed by atoms with E-state index in [1.54, 1.807) is 12.1 Å². The highest BCUT2D eigenvalue weighted by molar-refractivity contribution is 7.12. The molecule has 0 bridgehead atoms. The number of benzene rings is 1. The van der Waals surface area contributed by atoms with Crippen molar-refractivity contribution in [3.63, 3.8) is 0 Å². The number of hydrogen-bond acceptors (Lipinski definition) is 3. The Hall–Kier alpha value is -2.34. The molecule has 0 aliphatic carbocycles. The largest absolute Gasteiger partial charge is 0.465 e. The fraction of sp³-hybridized carbons (Fsp3) is 0.0769. The van der Waals surface area contributed by atoms with Gasteiger partial charge in [0, 0.05) is 6.54 Å². The van der Waals surface area contributed by atoms with Crippen molar-refractivity contribution in [1.29, 1.82) is 0 Å². The summed E-state index contributed by atoms with van der Waals surface area (Å²) in [6, 6.07) is 11.1. The first-order valence-corrected chi connectivity index (χ1v) is 6.47. The van der Waals surface area contributed by atoms with Crippen molar-refractivity contribution in [3.05, 3.63) is 52.2 Å². The molecule has 0 radical (unpaired) electrons. The molecular weight excluding hydrogens is 262 g/mol. The van der Waals surface area contributed by atoms with E-state index in [0.29, 0.717) is 5.84 Å². The van der Waals surface area contributed by atoms with E-state index < -0.39 is 6.09 Å². The van der Waals surface area contributed by atoms with Gasteiger partial charge in [0.15, 0.2) is 0 Å². The lowest BCUT2D eigenvalue weighted by molar-refractivity contribution is 0.194. The number of nitrogens with zero attached hydrogens (tertiary/aromatic N) is 1. The minimum atomic E-state index is -1.04. The van der Waals surface area contributed by atoms with Gasteiger partial charge in [0.05, 0.1) is 10.6 Å². The highest BCUT2D eigenvalue weighted by Gasteiger charge is 2.00. The summed E-state index contributed by atoms with van der Waals surface area (Å²) in [6.07, 6.45) is -1.04. The first-order valence-electron chi connectivity index (χ1n) is 5.59. The highest BCUT2D eigenvalue weighted by atomic mass is 32.1. The summed E-state index contributed by atoms with van der Waals surface area (Å²) in [5.74, 6) is 0.478. The average Bonchev–Trinajstić information content (AvgIpc) is 2.92. The molecule has 0 aliphatic rings. The number of carboxylic acid groups (broad SMARTS) is 1. The second-order valence-corrected chi connectivity index (χ2v) is 4.75. The van der Waals surface area contributed by atoms with Crippen molar-refractivity contribution in [3.8, 4) is 0 Å². The Balaban J connectivity index is 2.06. The maximum absolute atomic E-state index is 10.4. The highest BCUT2D eigenvalue weighted by Crippen LogP contribution is 2.16. The summed E-state index contributed by atoms with van der Waals surface area (Å²) in [6.45, 7) is 0.278. The Morgan fingerprint density at radius 2 is 2.05 bits per heavy atom. The Bertz CT molecular complexity index is 576. The van der Waals surface area contributed by atoms with Gasteiger partial charge in [-0.3, -0.25) is 0 Å². The van der Waals surface area contributed by atoms with Crippen molar-refractivity contribution in [2.45, 2.75) is 6.54 Å². The third-order valence-electron chi connectivity index (χ3n) is 2.40. The van der Waals surface area contributed by atoms with Crippen LogP contribution in [0.5, 0.6) is 0 Å². The van der Waals surface area contributed by atoms with Crippen LogP contribution >= 0.6 is 11.3 Å². The number of thiophene rings is 1. The molecule has 2 rings (SSSR count). The summed E-state index contributed by atoms with van der Waals surface area (Å²) in [7, 11) is 0. The summed E-state index contributed by atoms with van der Waals surface area (Å²) in [5.41, 5.74) is 7.49. The SMILES string of the molecule is NC(=Nc1ccc(CNC(=O)O)cc1)c1cccs1. The molecule has 5 nitrogen and oxygen atoms in total. The van der Waals surface area contributed by atoms with E-state index in [-0.39, 0.29) is 6.54 Å². The molecule has 1 aromatic heterocycles. The van der Waals surface area contributed by atoms with Crippen molar-refractivity contribution < 1.29 is 9.90 Å². The first kappa shape index (κ1) is 13.1. The molecule has 0 unspecified atom stereocenters. The van der Waals surface area contributed by atoms with Crippen LogP contribution in [0.4, 0.5) is 10.5 Å². The molecule has 0 aliphatic heterocycles. The summed E-state index contributed by atoms with van der Waals surface area (Å²) in [5, 5.41) is 12.8. The van der Waals surface area contributed by atoms with Crippen LogP contribution in [-0.4, -0.2) is 17.0 Å². The third kappa shape index (κ3) is 3.82. The molecule has 0 fully saturated rings. The number of aliphatic imine (C=N–C) groups is 1. The maximum Gasteiger partial charge on any atom is 0.404 e. The fourth-order valence-corrected chi connectivity index (χ4v) is 2.11. The van der Waals surface area contributed by atoms with Crippen LogP contribution in [0.2, 0.25) is 0 Å². The Morgan fingerprint density at radius 3 is 2.63 bits per heavy atom. The molecule has 0 saturated heterocycles. The van der Waals surface area contributed by atoms with Gasteiger partial charge in [-0.25, -0.2) is 9.79 Å². The number of amides is 1. The van der Waals surface area contributed by atoms with Crippen LogP contribution in [0.3, 0.4) is 0 Å². The van der Waals surface area contributed by atoms with E-state index in [1.165, 1.54) is 11.3 Å². The molecule has 19 heavy (non-hydrogen) atoms. The number of carbonyl (C=O) groups is 1. The quantitative estimate of drug-likeness (QED) is 0.592. The lowest BCUT2D eigenvalue weighted by Gasteiger charge is -2.02. The van der Waals surface area contributed by atoms with Gasteiger partial charge in [0.25, 0.3) is 0 Å². The van der Waals surface area contributed by atoms with Gasteiger partial charge >= 0.3 is 6.09 Å². The van der Waals surface area contributed by atoms with Gasteiger partial charge in [-0.15, -0.1) is 11.3 Å². The second kappa shape index (κ2) is 6.01. The van der Waals surface area contributed by atoms with E-state index in [4.69, 9.17) is 10.8 Å². The topological polar surface area (TPSA) is 87.7 Å². The predicted octanol–water partition coefficient (Wildman–Crippen LogP) is 2.55. The van der Waals surface area contributed by atoms with Gasteiger partial charge in [0.1, 0.15) is 5.84 Å². The van der Waals surface area contributed by atoms with Gasteiger partial charge in [0.2, 0.25) is 0 Å². The van der Waals surface area contributed by atoms with Gasteiger partial charge in [-0.05, 0) is 29.1 Å². The number of nitrogens with one attached hydrogen (secondary N) is 1. The van der Waals surface area contributed by atoms with Crippen LogP contribution in [0.1, 0.15) is 10.4 Å². The monoisotopic (exact) mass is 275 g/mol. The molecule has 1 heterocycles. The third-order valence-corrected chi connectivity index (χ3v) is 3.30. The Kier molecular flexibility index (Phi) is 4.15. The van der Waals surface area contributed by atoms with Gasteiger partial charge < -0.3 is 16.2 Å². The van der Waals surface area contributed by atoms with Crippen molar-refractivity contribution in [1.82, 2.24) is 5.32 Å². The predicted molar refractivity (Wildman–Crippen MR) is 76.0 cm³/mol. The van der Waals surface area contributed by atoms with E-state index in [1.807, 2.05) is 29.6 Å². The molecular formula is C13H13N3O2S. The zero-order chi connectivity index (χ0) is 13.7. The lowest BCUT2D eigenvalue weighted by Crippen LogP contribution is -2.19. The van der Waals surface area contributed by atoms with E-state index in [2.05, 4.69) is 10.3 Å². The Morgan fingerprint density at radius 1 is 1.32 bits per heavy atom. The maximum atomic E-state index is 10.4. The smallest absolute Gasteiger partial charge is 0.404 e. The zero-order valence-corrected chi connectivity index (χ0v) is 10.9. The minimum absolute atomic E-state index is 0.278. The van der Waals surface area contributed by atoms with Crippen LogP contribution in [-0.2, 0) is 6.54 Å². The van der Waals surface area contributed by atoms with Gasteiger partial charge in [-0.1, -0.05) is 18.2 Å². The van der Waals surface area contributed by atoms with E-state index >= 15 is 0 Å². The summed E-state index contributed by atoms with van der Waals surface area (Å²) in [4.78, 5) is 15.6. The lowest BCUT2D eigenvalue weighted by atomic mass is 10.2.